The number of aliphatic hydroxyl groups is 1. The van der Waals surface area contributed by atoms with Gasteiger partial charge in [0.25, 0.3) is 0 Å². The Labute approximate surface area is 271 Å². The van der Waals surface area contributed by atoms with Crippen LogP contribution in [0.15, 0.2) is 98.1 Å². The van der Waals surface area contributed by atoms with E-state index >= 15 is 0 Å². The summed E-state index contributed by atoms with van der Waals surface area (Å²) in [6.45, 7) is 9.38. The van der Waals surface area contributed by atoms with Crippen molar-refractivity contribution >= 4 is 35.0 Å². The van der Waals surface area contributed by atoms with Crippen molar-refractivity contribution in [3.8, 4) is 11.5 Å². The Balaban J connectivity index is 1.56. The second kappa shape index (κ2) is 19.5. The van der Waals surface area contributed by atoms with Crippen LogP contribution in [0.5, 0.6) is 11.5 Å². The first-order valence-electron chi connectivity index (χ1n) is 15.5. The highest BCUT2D eigenvalue weighted by atomic mass is 16.6. The number of rotatable bonds is 20. The third-order valence-corrected chi connectivity index (χ3v) is 6.93. The zero-order chi connectivity index (χ0) is 33.1. The highest BCUT2D eigenvalue weighted by Gasteiger charge is 2.14. The average molecular weight is 630 g/mol. The number of unbranched alkanes of at least 4 members (excludes halogenated alkanes) is 4. The summed E-state index contributed by atoms with van der Waals surface area (Å²) >= 11 is 0. The van der Waals surface area contributed by atoms with E-state index in [0.717, 1.165) is 54.0 Å². The van der Waals surface area contributed by atoms with Gasteiger partial charge in [-0.3, -0.25) is 4.79 Å². The fourth-order valence-electron chi connectivity index (χ4n) is 4.49. The molecular weight excluding hydrogens is 586 g/mol. The summed E-state index contributed by atoms with van der Waals surface area (Å²) in [6, 6.07) is 22.9. The van der Waals surface area contributed by atoms with Crippen molar-refractivity contribution in [1.29, 1.82) is 0 Å². The first kappa shape index (κ1) is 35.6. The molecule has 0 aliphatic heterocycles. The molecule has 1 N–H and O–H groups in total. The number of aliphatic hydroxyl groups excluding tert-OH is 1. The minimum Gasteiger partial charge on any atom is -0.465 e. The molecule has 0 radical (unpaired) electrons. The summed E-state index contributed by atoms with van der Waals surface area (Å²) in [7, 11) is 0. The van der Waals surface area contributed by atoms with Crippen LogP contribution in [0.4, 0.5) is 17.1 Å². The zero-order valence-electron chi connectivity index (χ0n) is 26.4. The van der Waals surface area contributed by atoms with E-state index in [0.29, 0.717) is 50.4 Å². The van der Waals surface area contributed by atoms with Gasteiger partial charge in [0.15, 0.2) is 6.29 Å². The molecular formula is C37H43NO8. The fourth-order valence-corrected chi connectivity index (χ4v) is 4.49. The van der Waals surface area contributed by atoms with Crippen molar-refractivity contribution in [3.05, 3.63) is 104 Å². The number of aryl methyl sites for hydroxylation is 1. The number of nitrogens with zero attached hydrogens (tertiary/aromatic N) is 1. The van der Waals surface area contributed by atoms with Gasteiger partial charge in [-0.1, -0.05) is 30.9 Å². The van der Waals surface area contributed by atoms with Gasteiger partial charge < -0.3 is 29.0 Å². The number of carbonyl (C=O) groups is 3. The minimum atomic E-state index is -0.952. The molecule has 3 aromatic rings. The van der Waals surface area contributed by atoms with Crippen LogP contribution in [0.25, 0.3) is 0 Å². The lowest BCUT2D eigenvalue weighted by molar-refractivity contribution is -0.138. The number of anilines is 3. The summed E-state index contributed by atoms with van der Waals surface area (Å²) in [4.78, 5) is 36.6. The third kappa shape index (κ3) is 12.6. The standard InChI is InChI=1S/C37H43NO8/c1-4-34(39)43-26-10-6-8-12-36(41)45-32-22-18-30(19-23-32)38(29-16-14-28(3)15-17-29)31-20-24-33(25-21-31)46-37(42)13-9-7-11-27-44-35(40)5-2/h4-5,14-25,36,41H,1-2,6-13,26-27H2,3H3. The van der Waals surface area contributed by atoms with Crippen molar-refractivity contribution in [2.24, 2.45) is 0 Å². The third-order valence-electron chi connectivity index (χ3n) is 6.93. The van der Waals surface area contributed by atoms with E-state index in [9.17, 15) is 19.5 Å². The van der Waals surface area contributed by atoms with Crippen LogP contribution in [0, 0.1) is 6.92 Å². The smallest absolute Gasteiger partial charge is 0.330 e. The lowest BCUT2D eigenvalue weighted by Gasteiger charge is -2.26. The van der Waals surface area contributed by atoms with E-state index in [4.69, 9.17) is 18.9 Å². The maximum atomic E-state index is 12.4. The van der Waals surface area contributed by atoms with Gasteiger partial charge in [-0.15, -0.1) is 0 Å². The second-order valence-electron chi connectivity index (χ2n) is 10.6. The molecule has 9 heteroatoms. The van der Waals surface area contributed by atoms with Crippen molar-refractivity contribution in [2.75, 3.05) is 18.1 Å². The molecule has 0 amide bonds. The molecule has 0 bridgehead atoms. The Kier molecular flexibility index (Phi) is 15.1. The zero-order valence-corrected chi connectivity index (χ0v) is 26.4. The van der Waals surface area contributed by atoms with Gasteiger partial charge in [0, 0.05) is 42.1 Å². The number of carbonyl (C=O) groups excluding carboxylic acids is 3. The van der Waals surface area contributed by atoms with Crippen molar-refractivity contribution in [2.45, 2.75) is 64.6 Å². The van der Waals surface area contributed by atoms with Crippen LogP contribution in [-0.4, -0.2) is 42.5 Å². The van der Waals surface area contributed by atoms with E-state index in [1.807, 2.05) is 67.6 Å². The number of benzene rings is 3. The van der Waals surface area contributed by atoms with Gasteiger partial charge in [-0.05, 0) is 106 Å². The van der Waals surface area contributed by atoms with Crippen LogP contribution in [0.2, 0.25) is 0 Å². The van der Waals surface area contributed by atoms with Gasteiger partial charge in [-0.25, -0.2) is 9.59 Å². The van der Waals surface area contributed by atoms with Crippen molar-refractivity contribution in [3.63, 3.8) is 0 Å². The van der Waals surface area contributed by atoms with Crippen LogP contribution in [0.1, 0.15) is 56.9 Å². The molecule has 0 fully saturated rings. The molecule has 0 spiro atoms. The predicted molar refractivity (Wildman–Crippen MR) is 177 cm³/mol. The molecule has 0 aliphatic carbocycles. The minimum absolute atomic E-state index is 0.267. The molecule has 244 valence electrons. The first-order chi connectivity index (χ1) is 22.3. The van der Waals surface area contributed by atoms with Crippen LogP contribution in [0.3, 0.4) is 0 Å². The molecule has 0 saturated heterocycles. The first-order valence-corrected chi connectivity index (χ1v) is 15.5. The molecule has 46 heavy (non-hydrogen) atoms. The fraction of sp³-hybridized carbons (Fsp3) is 0.324. The molecule has 0 heterocycles. The largest absolute Gasteiger partial charge is 0.465 e. The molecule has 0 aliphatic rings. The van der Waals surface area contributed by atoms with Crippen LogP contribution >= 0.6 is 0 Å². The average Bonchev–Trinajstić information content (AvgIpc) is 3.06. The number of ether oxygens (including phenoxy) is 4. The summed E-state index contributed by atoms with van der Waals surface area (Å²) < 4.78 is 21.1. The maximum Gasteiger partial charge on any atom is 0.330 e. The topological polar surface area (TPSA) is 112 Å². The summed E-state index contributed by atoms with van der Waals surface area (Å²) in [5.41, 5.74) is 3.83. The Hall–Kier alpha value is -4.89. The van der Waals surface area contributed by atoms with E-state index < -0.39 is 18.2 Å². The monoisotopic (exact) mass is 629 g/mol. The molecule has 0 aromatic heterocycles. The molecule has 3 aromatic carbocycles. The lowest BCUT2D eigenvalue weighted by atomic mass is 10.1. The van der Waals surface area contributed by atoms with Gasteiger partial charge in [0.2, 0.25) is 0 Å². The Morgan fingerprint density at radius 3 is 1.70 bits per heavy atom. The Morgan fingerprint density at radius 2 is 1.17 bits per heavy atom. The highest BCUT2D eigenvalue weighted by molar-refractivity contribution is 5.81. The number of hydrogen-bond acceptors (Lipinski definition) is 9. The number of hydrogen-bond donors (Lipinski definition) is 1. The Morgan fingerprint density at radius 1 is 0.696 bits per heavy atom. The lowest BCUT2D eigenvalue weighted by Crippen LogP contribution is -2.15. The van der Waals surface area contributed by atoms with Crippen molar-refractivity contribution < 1.29 is 38.4 Å². The normalized spacial score (nSPS) is 11.2. The molecule has 1 atom stereocenters. The molecule has 0 saturated carbocycles. The van der Waals surface area contributed by atoms with Crippen LogP contribution in [-0.2, 0) is 23.9 Å². The van der Waals surface area contributed by atoms with Crippen molar-refractivity contribution in [1.82, 2.24) is 0 Å². The predicted octanol–water partition coefficient (Wildman–Crippen LogP) is 7.65. The second-order valence-corrected chi connectivity index (χ2v) is 10.6. The van der Waals surface area contributed by atoms with Gasteiger partial charge in [0.1, 0.15) is 11.5 Å². The Bertz CT molecular complexity index is 1400. The van der Waals surface area contributed by atoms with E-state index in [1.54, 1.807) is 12.1 Å². The SMILES string of the molecule is C=CC(=O)OCCCCCC(=O)Oc1ccc(N(c2ccc(C)cc2)c2ccc(OC(O)CCCCCOC(=O)C=C)cc2)cc1. The summed E-state index contributed by atoms with van der Waals surface area (Å²) in [5, 5.41) is 10.4. The summed E-state index contributed by atoms with van der Waals surface area (Å²) in [6.07, 6.45) is 6.31. The van der Waals surface area contributed by atoms with Gasteiger partial charge >= 0.3 is 17.9 Å². The van der Waals surface area contributed by atoms with Gasteiger partial charge in [0.05, 0.1) is 13.2 Å². The maximum absolute atomic E-state index is 12.4. The number of esters is 3. The van der Waals surface area contributed by atoms with E-state index in [1.165, 1.54) is 0 Å². The van der Waals surface area contributed by atoms with E-state index in [2.05, 4.69) is 18.1 Å². The van der Waals surface area contributed by atoms with Crippen LogP contribution < -0.4 is 14.4 Å². The van der Waals surface area contributed by atoms with E-state index in [-0.39, 0.29) is 12.4 Å². The molecule has 1 unspecified atom stereocenters. The molecule has 3 rings (SSSR count). The summed E-state index contributed by atoms with van der Waals surface area (Å²) in [5.74, 6) is -0.209. The molecule has 9 nitrogen and oxygen atoms in total. The van der Waals surface area contributed by atoms with Gasteiger partial charge in [-0.2, -0.15) is 0 Å². The highest BCUT2D eigenvalue weighted by Crippen LogP contribution is 2.36. The quantitative estimate of drug-likeness (QED) is 0.0443.